The number of aliphatic carboxylic acids is 3. The maximum atomic E-state index is 11.9. The lowest BCUT2D eigenvalue weighted by Crippen LogP contribution is -2.50. The van der Waals surface area contributed by atoms with E-state index in [1.807, 2.05) is 0 Å². The molecular weight excluding hydrogens is 272 g/mol. The van der Waals surface area contributed by atoms with Crippen molar-refractivity contribution in [3.05, 3.63) is 0 Å². The van der Waals surface area contributed by atoms with Crippen LogP contribution >= 0.6 is 0 Å². The number of carboxylic acid groups (broad SMARTS) is 3. The summed E-state index contributed by atoms with van der Waals surface area (Å²) in [7, 11) is 0. The lowest BCUT2D eigenvalue weighted by atomic mass is 9.98. The Bertz CT molecular complexity index is 450. The molecule has 0 aromatic carbocycles. The summed E-state index contributed by atoms with van der Waals surface area (Å²) >= 11 is 0. The molecule has 0 aromatic heterocycles. The average molecular weight is 288 g/mol. The zero-order valence-corrected chi connectivity index (χ0v) is 10.6. The van der Waals surface area contributed by atoms with Gasteiger partial charge in [-0.2, -0.15) is 0 Å². The molecule has 1 aliphatic heterocycles. The highest BCUT2D eigenvalue weighted by Gasteiger charge is 2.51. The topological polar surface area (TPSA) is 158 Å². The maximum absolute atomic E-state index is 11.9. The number of rotatable bonds is 6. The predicted molar refractivity (Wildman–Crippen MR) is 63.8 cm³/mol. The Balaban J connectivity index is 2.75. The smallest absolute Gasteiger partial charge is 0.326 e. The van der Waals surface area contributed by atoms with Crippen LogP contribution < -0.4 is 5.73 Å². The van der Waals surface area contributed by atoms with Gasteiger partial charge in [-0.1, -0.05) is 0 Å². The van der Waals surface area contributed by atoms with E-state index in [2.05, 4.69) is 0 Å². The van der Waals surface area contributed by atoms with Gasteiger partial charge in [-0.25, -0.2) is 4.79 Å². The minimum absolute atomic E-state index is 0.0572. The second kappa shape index (κ2) is 5.87. The molecule has 112 valence electrons. The van der Waals surface area contributed by atoms with Gasteiger partial charge in [0.2, 0.25) is 5.91 Å². The van der Waals surface area contributed by atoms with E-state index in [1.165, 1.54) is 0 Å². The largest absolute Gasteiger partial charge is 0.481 e. The number of hydrogen-bond donors (Lipinski definition) is 4. The summed E-state index contributed by atoms with van der Waals surface area (Å²) in [6.45, 7) is -0.398. The molecule has 0 saturated carbocycles. The highest BCUT2D eigenvalue weighted by molar-refractivity contribution is 5.89. The lowest BCUT2D eigenvalue weighted by Gasteiger charge is -2.22. The second-order valence-corrected chi connectivity index (χ2v) is 4.79. The normalized spacial score (nSPS) is 25.4. The molecule has 20 heavy (non-hydrogen) atoms. The Kier molecular flexibility index (Phi) is 4.66. The van der Waals surface area contributed by atoms with E-state index < -0.39 is 41.9 Å². The maximum Gasteiger partial charge on any atom is 0.326 e. The summed E-state index contributed by atoms with van der Waals surface area (Å²) in [5.74, 6) is -4.37. The van der Waals surface area contributed by atoms with Crippen molar-refractivity contribution in [1.82, 2.24) is 4.90 Å². The minimum Gasteiger partial charge on any atom is -0.481 e. The lowest BCUT2D eigenvalue weighted by molar-refractivity contribution is -0.148. The number of hydrogen-bond acceptors (Lipinski definition) is 5. The van der Waals surface area contributed by atoms with Crippen LogP contribution in [-0.4, -0.2) is 62.2 Å². The monoisotopic (exact) mass is 288 g/mol. The Labute approximate surface area is 114 Å². The van der Waals surface area contributed by atoms with Crippen molar-refractivity contribution >= 4 is 23.8 Å². The fourth-order valence-electron chi connectivity index (χ4n) is 2.11. The molecule has 1 heterocycles. The third-order valence-electron chi connectivity index (χ3n) is 3.20. The molecule has 0 aliphatic carbocycles. The summed E-state index contributed by atoms with van der Waals surface area (Å²) in [6, 6.07) is -1.30. The molecule has 1 rings (SSSR count). The van der Waals surface area contributed by atoms with Crippen LogP contribution in [-0.2, 0) is 19.2 Å². The Hall–Kier alpha value is -2.16. The van der Waals surface area contributed by atoms with Crippen molar-refractivity contribution in [3.8, 4) is 0 Å². The van der Waals surface area contributed by atoms with Gasteiger partial charge in [0.15, 0.2) is 0 Å². The van der Waals surface area contributed by atoms with Crippen LogP contribution in [0.1, 0.15) is 25.7 Å². The number of likely N-dealkylation sites (tertiary alicyclic amines) is 1. The van der Waals surface area contributed by atoms with Crippen LogP contribution in [0.25, 0.3) is 0 Å². The Morgan fingerprint density at radius 3 is 2.20 bits per heavy atom. The fourth-order valence-corrected chi connectivity index (χ4v) is 2.11. The first-order chi connectivity index (χ1) is 9.17. The van der Waals surface area contributed by atoms with Crippen LogP contribution in [0.4, 0.5) is 0 Å². The predicted octanol–water partition coefficient (Wildman–Crippen LogP) is -1.29. The molecule has 1 fully saturated rings. The number of nitrogens with two attached hydrogens (primary N) is 1. The zero-order chi connectivity index (χ0) is 15.5. The Morgan fingerprint density at radius 2 is 1.75 bits per heavy atom. The first kappa shape index (κ1) is 15.9. The van der Waals surface area contributed by atoms with E-state index in [0.29, 0.717) is 0 Å². The summed E-state index contributed by atoms with van der Waals surface area (Å²) in [5.41, 5.74) is 3.80. The number of carbonyl (C=O) groups is 4. The van der Waals surface area contributed by atoms with Crippen molar-refractivity contribution < 1.29 is 34.5 Å². The summed E-state index contributed by atoms with van der Waals surface area (Å²) in [4.78, 5) is 45.2. The van der Waals surface area contributed by atoms with Gasteiger partial charge < -0.3 is 26.0 Å². The third kappa shape index (κ3) is 3.44. The van der Waals surface area contributed by atoms with Crippen molar-refractivity contribution in [3.63, 3.8) is 0 Å². The van der Waals surface area contributed by atoms with E-state index in [-0.39, 0.29) is 25.7 Å². The fraction of sp³-hybridized carbons (Fsp3) is 0.636. The SMILES string of the molecule is N[C@@]1(C(=O)O)C[C@H](C(=O)O)N(C(=O)CCCC(=O)O)C1. The summed E-state index contributed by atoms with van der Waals surface area (Å²) in [5, 5.41) is 26.5. The number of carbonyl (C=O) groups excluding carboxylic acids is 1. The van der Waals surface area contributed by atoms with E-state index in [4.69, 9.17) is 21.1 Å². The summed E-state index contributed by atoms with van der Waals surface area (Å²) < 4.78 is 0. The van der Waals surface area contributed by atoms with Crippen LogP contribution in [0.15, 0.2) is 0 Å². The van der Waals surface area contributed by atoms with Crippen molar-refractivity contribution in [1.29, 1.82) is 0 Å². The van der Waals surface area contributed by atoms with Gasteiger partial charge in [0.1, 0.15) is 11.6 Å². The molecule has 0 unspecified atom stereocenters. The standard InChI is InChI=1S/C11H16N2O7/c12-11(10(19)20)4-6(9(17)18)13(5-11)7(14)2-1-3-8(15)16/h6H,1-5,12H2,(H,15,16)(H,17,18)(H,19,20)/t6-,11+/m1/s1. The van der Waals surface area contributed by atoms with Crippen LogP contribution in [0.5, 0.6) is 0 Å². The van der Waals surface area contributed by atoms with E-state index in [1.54, 1.807) is 0 Å². The molecule has 9 nitrogen and oxygen atoms in total. The Morgan fingerprint density at radius 1 is 1.15 bits per heavy atom. The van der Waals surface area contributed by atoms with Gasteiger partial charge in [0.05, 0.1) is 6.54 Å². The van der Waals surface area contributed by atoms with Crippen LogP contribution in [0, 0.1) is 0 Å². The molecule has 5 N–H and O–H groups in total. The van der Waals surface area contributed by atoms with Gasteiger partial charge in [-0.05, 0) is 6.42 Å². The molecule has 1 amide bonds. The second-order valence-electron chi connectivity index (χ2n) is 4.79. The molecule has 9 heteroatoms. The average Bonchev–Trinajstić information content (AvgIpc) is 2.68. The van der Waals surface area contributed by atoms with Crippen molar-refractivity contribution in [2.75, 3.05) is 6.54 Å². The highest BCUT2D eigenvalue weighted by atomic mass is 16.4. The van der Waals surface area contributed by atoms with E-state index in [9.17, 15) is 19.2 Å². The van der Waals surface area contributed by atoms with Gasteiger partial charge in [-0.3, -0.25) is 14.4 Å². The number of nitrogens with zero attached hydrogens (tertiary/aromatic N) is 1. The first-order valence-electron chi connectivity index (χ1n) is 5.94. The molecule has 1 saturated heterocycles. The first-order valence-corrected chi connectivity index (χ1v) is 5.94. The van der Waals surface area contributed by atoms with Gasteiger partial charge in [-0.15, -0.1) is 0 Å². The molecule has 0 radical (unpaired) electrons. The molecule has 0 bridgehead atoms. The van der Waals surface area contributed by atoms with Crippen molar-refractivity contribution in [2.24, 2.45) is 5.73 Å². The van der Waals surface area contributed by atoms with Gasteiger partial charge in [0.25, 0.3) is 0 Å². The zero-order valence-electron chi connectivity index (χ0n) is 10.6. The van der Waals surface area contributed by atoms with E-state index >= 15 is 0 Å². The molecule has 2 atom stereocenters. The quantitative estimate of drug-likeness (QED) is 0.469. The van der Waals surface area contributed by atoms with E-state index in [0.717, 1.165) is 4.90 Å². The molecule has 0 spiro atoms. The molecule has 1 aliphatic rings. The van der Waals surface area contributed by atoms with Gasteiger partial charge >= 0.3 is 17.9 Å². The van der Waals surface area contributed by atoms with Gasteiger partial charge in [0, 0.05) is 19.3 Å². The number of carboxylic acids is 3. The number of amides is 1. The molecule has 0 aromatic rings. The third-order valence-corrected chi connectivity index (χ3v) is 3.20. The highest BCUT2D eigenvalue weighted by Crippen LogP contribution is 2.27. The van der Waals surface area contributed by atoms with Crippen molar-refractivity contribution in [2.45, 2.75) is 37.3 Å². The minimum atomic E-state index is -1.79. The molecular formula is C11H16N2O7. The van der Waals surface area contributed by atoms with Crippen LogP contribution in [0.2, 0.25) is 0 Å². The summed E-state index contributed by atoms with van der Waals surface area (Å²) in [6.07, 6.45) is -0.695. The van der Waals surface area contributed by atoms with Crippen LogP contribution in [0.3, 0.4) is 0 Å².